The van der Waals surface area contributed by atoms with E-state index in [4.69, 9.17) is 17.0 Å². The molecule has 0 atom stereocenters. The second kappa shape index (κ2) is 8.22. The van der Waals surface area contributed by atoms with Crippen LogP contribution in [-0.4, -0.2) is 22.0 Å². The number of anilines is 2. The standard InChI is InChI=1S/C21H24N4OS/c1-14-8-7-9-17(12-14)13-25-16(3)20(15(2)24-25)23-21(27)22-18-10-5-6-11-19(18)26-4/h5-12H,13H2,1-4H3,(H2,22,23,27). The van der Waals surface area contributed by atoms with Gasteiger partial charge in [-0.05, 0) is 50.7 Å². The van der Waals surface area contributed by atoms with Gasteiger partial charge in [0.25, 0.3) is 0 Å². The Hall–Kier alpha value is -2.86. The van der Waals surface area contributed by atoms with Crippen LogP contribution in [0.2, 0.25) is 0 Å². The van der Waals surface area contributed by atoms with Crippen LogP contribution in [0.1, 0.15) is 22.5 Å². The van der Waals surface area contributed by atoms with Crippen molar-refractivity contribution in [1.29, 1.82) is 0 Å². The average Bonchev–Trinajstić information content (AvgIpc) is 2.89. The number of hydrogen-bond donors (Lipinski definition) is 2. The minimum absolute atomic E-state index is 0.501. The van der Waals surface area contributed by atoms with Crippen molar-refractivity contribution in [3.63, 3.8) is 0 Å². The lowest BCUT2D eigenvalue weighted by Crippen LogP contribution is -2.20. The van der Waals surface area contributed by atoms with Gasteiger partial charge in [0.1, 0.15) is 5.75 Å². The molecule has 0 saturated carbocycles. The van der Waals surface area contributed by atoms with E-state index in [-0.39, 0.29) is 0 Å². The number of hydrogen-bond acceptors (Lipinski definition) is 3. The van der Waals surface area contributed by atoms with Gasteiger partial charge < -0.3 is 15.4 Å². The lowest BCUT2D eigenvalue weighted by molar-refractivity contribution is 0.417. The van der Waals surface area contributed by atoms with E-state index in [2.05, 4.69) is 46.9 Å². The number of aryl methyl sites for hydroxylation is 2. The van der Waals surface area contributed by atoms with E-state index < -0.39 is 0 Å². The molecule has 0 saturated heterocycles. The summed E-state index contributed by atoms with van der Waals surface area (Å²) in [5.74, 6) is 0.741. The summed E-state index contributed by atoms with van der Waals surface area (Å²) in [6.07, 6.45) is 0. The van der Waals surface area contributed by atoms with E-state index in [0.717, 1.165) is 35.1 Å². The normalized spacial score (nSPS) is 10.5. The van der Waals surface area contributed by atoms with Crippen molar-refractivity contribution in [1.82, 2.24) is 9.78 Å². The van der Waals surface area contributed by atoms with E-state index >= 15 is 0 Å². The Labute approximate surface area is 165 Å². The molecular weight excluding hydrogens is 356 g/mol. The van der Waals surface area contributed by atoms with E-state index in [0.29, 0.717) is 5.11 Å². The van der Waals surface area contributed by atoms with Crippen LogP contribution in [0.5, 0.6) is 5.75 Å². The largest absolute Gasteiger partial charge is 0.495 e. The summed E-state index contributed by atoms with van der Waals surface area (Å²) in [5, 5.41) is 11.6. The maximum Gasteiger partial charge on any atom is 0.175 e. The molecule has 5 nitrogen and oxygen atoms in total. The lowest BCUT2D eigenvalue weighted by Gasteiger charge is -2.13. The molecule has 0 fully saturated rings. The van der Waals surface area contributed by atoms with Gasteiger partial charge >= 0.3 is 0 Å². The quantitative estimate of drug-likeness (QED) is 0.630. The highest BCUT2D eigenvalue weighted by Gasteiger charge is 2.14. The molecular formula is C21H24N4OS. The van der Waals surface area contributed by atoms with Crippen LogP contribution in [0.4, 0.5) is 11.4 Å². The molecule has 0 unspecified atom stereocenters. The Bertz CT molecular complexity index is 965. The molecule has 0 radical (unpaired) electrons. The molecule has 0 bridgehead atoms. The van der Waals surface area contributed by atoms with E-state index in [1.165, 1.54) is 11.1 Å². The van der Waals surface area contributed by atoms with Crippen molar-refractivity contribution in [2.75, 3.05) is 17.7 Å². The highest BCUT2D eigenvalue weighted by molar-refractivity contribution is 7.80. The summed E-state index contributed by atoms with van der Waals surface area (Å²) >= 11 is 5.49. The van der Waals surface area contributed by atoms with E-state index in [1.807, 2.05) is 42.8 Å². The molecule has 0 aliphatic carbocycles. The molecule has 2 aromatic carbocycles. The Morgan fingerprint density at radius 3 is 2.59 bits per heavy atom. The van der Waals surface area contributed by atoms with Crippen LogP contribution in [-0.2, 0) is 6.54 Å². The van der Waals surface area contributed by atoms with Crippen molar-refractivity contribution in [2.45, 2.75) is 27.3 Å². The first-order valence-corrected chi connectivity index (χ1v) is 9.19. The molecule has 1 heterocycles. The number of thiocarbonyl (C=S) groups is 1. The highest BCUT2D eigenvalue weighted by Crippen LogP contribution is 2.25. The summed E-state index contributed by atoms with van der Waals surface area (Å²) < 4.78 is 7.36. The number of para-hydroxylation sites is 2. The highest BCUT2D eigenvalue weighted by atomic mass is 32.1. The third kappa shape index (κ3) is 4.46. The van der Waals surface area contributed by atoms with Gasteiger partial charge in [-0.25, -0.2) is 0 Å². The molecule has 2 N–H and O–H groups in total. The van der Waals surface area contributed by atoms with Crippen LogP contribution in [0.25, 0.3) is 0 Å². The molecule has 27 heavy (non-hydrogen) atoms. The molecule has 0 amide bonds. The molecule has 6 heteroatoms. The van der Waals surface area contributed by atoms with Gasteiger partial charge in [-0.2, -0.15) is 5.10 Å². The molecule has 0 spiro atoms. The smallest absolute Gasteiger partial charge is 0.175 e. The minimum atomic E-state index is 0.501. The summed E-state index contributed by atoms with van der Waals surface area (Å²) in [7, 11) is 1.64. The lowest BCUT2D eigenvalue weighted by atomic mass is 10.1. The van der Waals surface area contributed by atoms with Gasteiger partial charge in [0.15, 0.2) is 5.11 Å². The first kappa shape index (κ1) is 18.9. The van der Waals surface area contributed by atoms with Gasteiger partial charge in [0.2, 0.25) is 0 Å². The number of nitrogens with one attached hydrogen (secondary N) is 2. The van der Waals surface area contributed by atoms with Crippen molar-refractivity contribution in [3.05, 3.63) is 71.0 Å². The predicted octanol–water partition coefficient (Wildman–Crippen LogP) is 4.67. The minimum Gasteiger partial charge on any atom is -0.495 e. The zero-order valence-electron chi connectivity index (χ0n) is 16.0. The van der Waals surface area contributed by atoms with Gasteiger partial charge in [0, 0.05) is 0 Å². The fourth-order valence-electron chi connectivity index (χ4n) is 3.03. The monoisotopic (exact) mass is 380 g/mol. The van der Waals surface area contributed by atoms with Gasteiger partial charge in [-0.15, -0.1) is 0 Å². The molecule has 0 aliphatic rings. The topological polar surface area (TPSA) is 51.1 Å². The van der Waals surface area contributed by atoms with Crippen LogP contribution < -0.4 is 15.4 Å². The van der Waals surface area contributed by atoms with Gasteiger partial charge in [-0.1, -0.05) is 42.0 Å². The third-order valence-corrected chi connectivity index (χ3v) is 4.59. The van der Waals surface area contributed by atoms with Crippen molar-refractivity contribution < 1.29 is 4.74 Å². The van der Waals surface area contributed by atoms with Crippen molar-refractivity contribution >= 4 is 28.7 Å². The number of nitrogens with zero attached hydrogens (tertiary/aromatic N) is 2. The van der Waals surface area contributed by atoms with Crippen molar-refractivity contribution in [2.24, 2.45) is 0 Å². The molecule has 3 rings (SSSR count). The first-order chi connectivity index (χ1) is 13.0. The fourth-order valence-corrected chi connectivity index (χ4v) is 3.24. The van der Waals surface area contributed by atoms with Crippen LogP contribution >= 0.6 is 12.2 Å². The zero-order valence-corrected chi connectivity index (χ0v) is 16.9. The van der Waals surface area contributed by atoms with Gasteiger partial charge in [0.05, 0.1) is 36.4 Å². The SMILES string of the molecule is COc1ccccc1NC(=S)Nc1c(C)nn(Cc2cccc(C)c2)c1C. The summed E-state index contributed by atoms with van der Waals surface area (Å²) in [6, 6.07) is 16.1. The fraction of sp³-hybridized carbons (Fsp3) is 0.238. The second-order valence-corrected chi connectivity index (χ2v) is 6.88. The van der Waals surface area contributed by atoms with Gasteiger partial charge in [-0.3, -0.25) is 4.68 Å². The summed E-state index contributed by atoms with van der Waals surface area (Å²) in [5.41, 5.74) is 6.16. The van der Waals surface area contributed by atoms with E-state index in [9.17, 15) is 0 Å². The Kier molecular flexibility index (Phi) is 5.76. The maximum atomic E-state index is 5.49. The third-order valence-electron chi connectivity index (χ3n) is 4.39. The van der Waals surface area contributed by atoms with Crippen molar-refractivity contribution in [3.8, 4) is 5.75 Å². The van der Waals surface area contributed by atoms with Crippen LogP contribution in [0.3, 0.4) is 0 Å². The second-order valence-electron chi connectivity index (χ2n) is 6.47. The number of aromatic nitrogens is 2. The summed E-state index contributed by atoms with van der Waals surface area (Å²) in [6.45, 7) is 6.85. The zero-order chi connectivity index (χ0) is 19.4. The van der Waals surface area contributed by atoms with Crippen LogP contribution in [0, 0.1) is 20.8 Å². The van der Waals surface area contributed by atoms with E-state index in [1.54, 1.807) is 7.11 Å². The average molecular weight is 381 g/mol. The molecule has 0 aliphatic heterocycles. The molecule has 1 aromatic heterocycles. The molecule has 140 valence electrons. The number of ether oxygens (including phenoxy) is 1. The number of rotatable bonds is 5. The first-order valence-electron chi connectivity index (χ1n) is 8.78. The Balaban J connectivity index is 1.75. The maximum absolute atomic E-state index is 5.49. The Morgan fingerprint density at radius 2 is 1.85 bits per heavy atom. The Morgan fingerprint density at radius 1 is 1.07 bits per heavy atom. The predicted molar refractivity (Wildman–Crippen MR) is 115 cm³/mol. The number of methoxy groups -OCH3 is 1. The van der Waals surface area contributed by atoms with Crippen LogP contribution in [0.15, 0.2) is 48.5 Å². The molecule has 3 aromatic rings. The summed E-state index contributed by atoms with van der Waals surface area (Å²) in [4.78, 5) is 0. The number of benzene rings is 2.